The van der Waals surface area contributed by atoms with Crippen molar-refractivity contribution in [2.45, 2.75) is 18.9 Å². The van der Waals surface area contributed by atoms with Crippen LogP contribution in [0.4, 0.5) is 10.2 Å². The van der Waals surface area contributed by atoms with Crippen molar-refractivity contribution in [3.8, 4) is 11.4 Å². The summed E-state index contributed by atoms with van der Waals surface area (Å²) in [6, 6.07) is 2.09. The molecule has 23 heavy (non-hydrogen) atoms. The fraction of sp³-hybridized carbons (Fsp3) is 0.286. The minimum absolute atomic E-state index is 0.128. The molecular formula is C14H13ClFN5O2. The fourth-order valence-corrected chi connectivity index (χ4v) is 2.84. The lowest BCUT2D eigenvalue weighted by Gasteiger charge is -2.24. The van der Waals surface area contributed by atoms with Crippen molar-refractivity contribution in [1.29, 1.82) is 0 Å². The van der Waals surface area contributed by atoms with E-state index >= 15 is 0 Å². The van der Waals surface area contributed by atoms with Crippen molar-refractivity contribution in [2.75, 3.05) is 11.4 Å². The van der Waals surface area contributed by atoms with E-state index in [1.54, 1.807) is 4.90 Å². The number of carbonyl (C=O) groups is 1. The second-order valence-corrected chi connectivity index (χ2v) is 5.55. The molecule has 0 aromatic carbocycles. The Morgan fingerprint density at radius 3 is 3.00 bits per heavy atom. The molecule has 0 unspecified atom stereocenters. The number of rotatable bonds is 3. The summed E-state index contributed by atoms with van der Waals surface area (Å²) in [6.07, 6.45) is 2.57. The van der Waals surface area contributed by atoms with Crippen LogP contribution in [0.2, 0.25) is 5.02 Å². The van der Waals surface area contributed by atoms with E-state index in [0.29, 0.717) is 18.5 Å². The molecule has 1 aliphatic rings. The molecule has 9 heteroatoms. The lowest BCUT2D eigenvalue weighted by molar-refractivity contribution is -0.119. The summed E-state index contributed by atoms with van der Waals surface area (Å²) < 4.78 is 13.3. The van der Waals surface area contributed by atoms with Crippen LogP contribution in [0.5, 0.6) is 0 Å². The van der Waals surface area contributed by atoms with E-state index < -0.39 is 23.5 Å². The van der Waals surface area contributed by atoms with Crippen molar-refractivity contribution in [1.82, 2.24) is 15.0 Å². The summed E-state index contributed by atoms with van der Waals surface area (Å²) in [5.41, 5.74) is 5.17. The van der Waals surface area contributed by atoms with Gasteiger partial charge in [0, 0.05) is 24.4 Å². The minimum atomic E-state index is -0.696. The second-order valence-electron chi connectivity index (χ2n) is 5.17. The van der Waals surface area contributed by atoms with E-state index in [9.17, 15) is 14.0 Å². The SMILES string of the molecule is NC(=O)[C@@H]1CCCN1c1nc(-c2ccnc(F)c2)[nH]c(=O)c1Cl. The average Bonchev–Trinajstić information content (AvgIpc) is 2.99. The van der Waals surface area contributed by atoms with Crippen molar-refractivity contribution in [3.63, 3.8) is 0 Å². The number of nitrogens with two attached hydrogens (primary N) is 1. The quantitative estimate of drug-likeness (QED) is 0.815. The molecule has 0 bridgehead atoms. The van der Waals surface area contributed by atoms with Crippen LogP contribution >= 0.6 is 11.6 Å². The maximum atomic E-state index is 13.3. The first kappa shape index (κ1) is 15.4. The van der Waals surface area contributed by atoms with Gasteiger partial charge in [0.05, 0.1) is 0 Å². The van der Waals surface area contributed by atoms with Gasteiger partial charge < -0.3 is 15.6 Å². The number of carbonyl (C=O) groups excluding carboxylic acids is 1. The van der Waals surface area contributed by atoms with E-state index in [1.165, 1.54) is 12.3 Å². The van der Waals surface area contributed by atoms with Gasteiger partial charge in [0.2, 0.25) is 11.9 Å². The Morgan fingerprint density at radius 2 is 2.30 bits per heavy atom. The molecule has 120 valence electrons. The maximum absolute atomic E-state index is 13.3. The molecule has 1 saturated heterocycles. The number of halogens is 2. The van der Waals surface area contributed by atoms with Crippen molar-refractivity contribution < 1.29 is 9.18 Å². The van der Waals surface area contributed by atoms with Crippen LogP contribution in [-0.4, -0.2) is 33.4 Å². The number of amides is 1. The highest BCUT2D eigenvalue weighted by atomic mass is 35.5. The van der Waals surface area contributed by atoms with E-state index in [2.05, 4.69) is 15.0 Å². The molecular weight excluding hydrogens is 325 g/mol. The number of aromatic nitrogens is 3. The highest BCUT2D eigenvalue weighted by Crippen LogP contribution is 2.29. The molecule has 0 saturated carbocycles. The Labute approximate surface area is 135 Å². The number of hydrogen-bond acceptors (Lipinski definition) is 5. The molecule has 1 amide bonds. The summed E-state index contributed by atoms with van der Waals surface area (Å²) in [5, 5.41) is -0.128. The van der Waals surface area contributed by atoms with Crippen LogP contribution in [0.3, 0.4) is 0 Å². The minimum Gasteiger partial charge on any atom is -0.368 e. The molecule has 0 aliphatic carbocycles. The number of nitrogens with one attached hydrogen (secondary N) is 1. The van der Waals surface area contributed by atoms with Crippen LogP contribution in [0.1, 0.15) is 12.8 Å². The third-order valence-corrected chi connectivity index (χ3v) is 4.04. The molecule has 0 spiro atoms. The number of anilines is 1. The number of nitrogens with zero attached hydrogens (tertiary/aromatic N) is 3. The molecule has 7 nitrogen and oxygen atoms in total. The Kier molecular flexibility index (Phi) is 3.99. The number of H-pyrrole nitrogens is 1. The lowest BCUT2D eigenvalue weighted by atomic mass is 10.2. The largest absolute Gasteiger partial charge is 0.368 e. The number of hydrogen-bond donors (Lipinski definition) is 2. The Bertz CT molecular complexity index is 825. The van der Waals surface area contributed by atoms with E-state index in [4.69, 9.17) is 17.3 Å². The van der Waals surface area contributed by atoms with E-state index in [1.807, 2.05) is 0 Å². The number of primary amides is 1. The molecule has 1 atom stereocenters. The fourth-order valence-electron chi connectivity index (χ4n) is 2.64. The zero-order valence-corrected chi connectivity index (χ0v) is 12.7. The van der Waals surface area contributed by atoms with Crippen LogP contribution in [0.15, 0.2) is 23.1 Å². The third-order valence-electron chi connectivity index (χ3n) is 3.70. The van der Waals surface area contributed by atoms with Gasteiger partial charge in [-0.3, -0.25) is 9.59 Å². The van der Waals surface area contributed by atoms with Crippen LogP contribution in [0, 0.1) is 5.95 Å². The van der Waals surface area contributed by atoms with Crippen LogP contribution in [0.25, 0.3) is 11.4 Å². The van der Waals surface area contributed by atoms with E-state index in [-0.39, 0.29) is 16.7 Å². The topological polar surface area (TPSA) is 105 Å². The van der Waals surface area contributed by atoms with Gasteiger partial charge in [0.1, 0.15) is 16.9 Å². The first-order valence-corrected chi connectivity index (χ1v) is 7.33. The van der Waals surface area contributed by atoms with Gasteiger partial charge in [-0.05, 0) is 18.9 Å². The van der Waals surface area contributed by atoms with Crippen molar-refractivity contribution >= 4 is 23.3 Å². The van der Waals surface area contributed by atoms with Crippen molar-refractivity contribution in [2.24, 2.45) is 5.73 Å². The summed E-state index contributed by atoms with van der Waals surface area (Å²) in [4.78, 5) is 35.5. The predicted molar refractivity (Wildman–Crippen MR) is 82.6 cm³/mol. The van der Waals surface area contributed by atoms with Crippen LogP contribution < -0.4 is 16.2 Å². The molecule has 1 aliphatic heterocycles. The van der Waals surface area contributed by atoms with Gasteiger partial charge in [-0.1, -0.05) is 11.6 Å². The summed E-state index contributed by atoms with van der Waals surface area (Å²) in [5.74, 6) is -0.884. The highest BCUT2D eigenvalue weighted by Gasteiger charge is 2.32. The van der Waals surface area contributed by atoms with Crippen LogP contribution in [-0.2, 0) is 4.79 Å². The van der Waals surface area contributed by atoms with Gasteiger partial charge in [0.15, 0.2) is 5.82 Å². The van der Waals surface area contributed by atoms with Gasteiger partial charge in [-0.25, -0.2) is 9.97 Å². The van der Waals surface area contributed by atoms with Gasteiger partial charge in [-0.15, -0.1) is 0 Å². The predicted octanol–water partition coefficient (Wildman–Crippen LogP) is 1.08. The number of aromatic amines is 1. The van der Waals surface area contributed by atoms with Gasteiger partial charge in [-0.2, -0.15) is 4.39 Å². The molecule has 3 rings (SSSR count). The normalized spacial score (nSPS) is 17.5. The van der Waals surface area contributed by atoms with E-state index in [0.717, 1.165) is 12.5 Å². The highest BCUT2D eigenvalue weighted by molar-refractivity contribution is 6.32. The Hall–Kier alpha value is -2.48. The summed E-state index contributed by atoms with van der Waals surface area (Å²) in [7, 11) is 0. The maximum Gasteiger partial charge on any atom is 0.272 e. The van der Waals surface area contributed by atoms with Gasteiger partial charge >= 0.3 is 0 Å². The molecule has 0 radical (unpaired) electrons. The zero-order chi connectivity index (χ0) is 16.6. The first-order valence-electron chi connectivity index (χ1n) is 6.95. The zero-order valence-electron chi connectivity index (χ0n) is 11.9. The Balaban J connectivity index is 2.11. The summed E-state index contributed by atoms with van der Waals surface area (Å²) in [6.45, 7) is 0.508. The standard InChI is InChI=1S/C14H13ClFN5O2/c15-10-13(21-5-1-2-8(21)11(17)22)19-12(20-14(10)23)7-3-4-18-9(16)6-7/h3-4,6,8H,1-2,5H2,(H2,17,22)(H,19,20,23)/t8-/m0/s1. The molecule has 1 fully saturated rings. The van der Waals surface area contributed by atoms with Gasteiger partial charge in [0.25, 0.3) is 5.56 Å². The molecule has 3 heterocycles. The average molecular weight is 338 g/mol. The summed E-state index contributed by atoms with van der Waals surface area (Å²) >= 11 is 6.05. The molecule has 2 aromatic rings. The third kappa shape index (κ3) is 2.89. The Morgan fingerprint density at radius 1 is 1.52 bits per heavy atom. The molecule has 3 N–H and O–H groups in total. The monoisotopic (exact) mass is 337 g/mol. The second kappa shape index (κ2) is 5.96. The van der Waals surface area contributed by atoms with Crippen molar-refractivity contribution in [3.05, 3.63) is 39.7 Å². The number of pyridine rings is 1. The molecule has 2 aromatic heterocycles. The first-order chi connectivity index (χ1) is 11.0. The lowest BCUT2D eigenvalue weighted by Crippen LogP contribution is -2.41. The smallest absolute Gasteiger partial charge is 0.272 e.